The summed E-state index contributed by atoms with van der Waals surface area (Å²) in [7, 11) is 0. The second-order valence-electron chi connectivity index (χ2n) is 1.12. The van der Waals surface area contributed by atoms with Crippen LogP contribution in [0.15, 0.2) is 12.2 Å². The molecule has 0 saturated carbocycles. The number of aliphatic hydroxyl groups is 1. The number of hydrogen-bond donors (Lipinski definition) is 1. The van der Waals surface area contributed by atoms with Crippen molar-refractivity contribution in [3.05, 3.63) is 18.8 Å². The Bertz CT molecular complexity index is 88.4. The van der Waals surface area contributed by atoms with E-state index in [1.54, 1.807) is 0 Å². The van der Waals surface area contributed by atoms with Gasteiger partial charge in [-0.2, -0.15) is 12.2 Å². The summed E-state index contributed by atoms with van der Waals surface area (Å²) >= 11 is 0. The summed E-state index contributed by atoms with van der Waals surface area (Å²) in [4.78, 5) is 9.98. The molecule has 8 heavy (non-hydrogen) atoms. The number of carbonyl (C=O) groups excluding carboxylic acids is 1. The second-order valence-corrected chi connectivity index (χ2v) is 1.12. The van der Waals surface area contributed by atoms with Gasteiger partial charge in [-0.05, 0) is 6.92 Å². The van der Waals surface area contributed by atoms with Gasteiger partial charge in [0.2, 0.25) is 0 Å². The third kappa shape index (κ3) is 9.60. The minimum Gasteiger partial charge on any atom is -0.458 e. The van der Waals surface area contributed by atoms with Crippen LogP contribution in [0.4, 0.5) is 0 Å². The molecule has 0 fully saturated rings. The largest absolute Gasteiger partial charge is 0.458 e. The van der Waals surface area contributed by atoms with E-state index in [0.717, 1.165) is 6.61 Å². The maximum absolute atomic E-state index is 9.98. The third-order valence-electron chi connectivity index (χ3n) is 0.417. The molecule has 43 valence electrons. The molecular formula is C5H7O2Y-. The number of allylic oxidation sites excluding steroid dienone is 1. The van der Waals surface area contributed by atoms with E-state index in [0.29, 0.717) is 0 Å². The van der Waals surface area contributed by atoms with Gasteiger partial charge in [-0.3, -0.25) is 0 Å². The van der Waals surface area contributed by atoms with Crippen molar-refractivity contribution in [3.8, 4) is 0 Å². The van der Waals surface area contributed by atoms with Crippen LogP contribution in [0.2, 0.25) is 0 Å². The standard InChI is InChI=1S/C5H7O2.Y/c1-5(7)3-2-4-6;/h2-4,6H,1H3;/q-1;/b3-2-;. The van der Waals surface area contributed by atoms with Crippen molar-refractivity contribution >= 4 is 5.78 Å². The first-order valence-corrected chi connectivity index (χ1v) is 1.92. The zero-order valence-electron chi connectivity index (χ0n) is 4.66. The van der Waals surface area contributed by atoms with E-state index in [1.807, 2.05) is 0 Å². The first-order chi connectivity index (χ1) is 3.27. The molecule has 0 aromatic heterocycles. The first kappa shape index (κ1) is 11.2. The molecule has 0 aliphatic carbocycles. The van der Waals surface area contributed by atoms with E-state index in [4.69, 9.17) is 5.11 Å². The molecule has 0 aliphatic heterocycles. The van der Waals surface area contributed by atoms with E-state index in [9.17, 15) is 4.79 Å². The van der Waals surface area contributed by atoms with Gasteiger partial charge in [0.25, 0.3) is 0 Å². The van der Waals surface area contributed by atoms with Crippen molar-refractivity contribution in [2.45, 2.75) is 6.92 Å². The molecular weight excluding hydrogens is 181 g/mol. The Morgan fingerprint density at radius 1 is 1.75 bits per heavy atom. The van der Waals surface area contributed by atoms with Crippen molar-refractivity contribution in [1.82, 2.24) is 0 Å². The molecule has 0 unspecified atom stereocenters. The van der Waals surface area contributed by atoms with E-state index in [1.165, 1.54) is 19.1 Å². The van der Waals surface area contributed by atoms with Gasteiger partial charge in [0, 0.05) is 32.7 Å². The molecule has 0 atom stereocenters. The van der Waals surface area contributed by atoms with Crippen LogP contribution >= 0.6 is 0 Å². The van der Waals surface area contributed by atoms with E-state index in [-0.39, 0.29) is 38.5 Å². The number of carbonyl (C=O) groups is 1. The molecule has 3 heteroatoms. The van der Waals surface area contributed by atoms with Crippen molar-refractivity contribution in [2.24, 2.45) is 0 Å². The van der Waals surface area contributed by atoms with Crippen molar-refractivity contribution < 1.29 is 42.6 Å². The van der Waals surface area contributed by atoms with Crippen LogP contribution in [0.1, 0.15) is 6.92 Å². The predicted octanol–water partition coefficient (Wildman–Crippen LogP) is 0.663. The summed E-state index contributed by atoms with van der Waals surface area (Å²) < 4.78 is 0. The van der Waals surface area contributed by atoms with Gasteiger partial charge in [-0.15, -0.1) is 6.61 Å². The monoisotopic (exact) mass is 188 g/mol. The molecule has 0 aromatic carbocycles. The van der Waals surface area contributed by atoms with Crippen LogP contribution in [0.5, 0.6) is 0 Å². The van der Waals surface area contributed by atoms with Gasteiger partial charge in [-0.25, -0.2) is 0 Å². The fourth-order valence-electron chi connectivity index (χ4n) is 0.179. The van der Waals surface area contributed by atoms with E-state index in [2.05, 4.69) is 0 Å². The van der Waals surface area contributed by atoms with Crippen LogP contribution in [-0.4, -0.2) is 10.9 Å². The van der Waals surface area contributed by atoms with E-state index < -0.39 is 0 Å². The normalized spacial score (nSPS) is 8.25. The van der Waals surface area contributed by atoms with Crippen LogP contribution in [-0.2, 0) is 37.5 Å². The molecule has 0 saturated heterocycles. The van der Waals surface area contributed by atoms with Crippen LogP contribution in [0.25, 0.3) is 0 Å². The fraction of sp³-hybridized carbons (Fsp3) is 0.200. The third-order valence-corrected chi connectivity index (χ3v) is 0.417. The quantitative estimate of drug-likeness (QED) is 0.510. The molecule has 0 rings (SSSR count). The minimum absolute atomic E-state index is 0. The molecule has 0 aliphatic rings. The minimum atomic E-state index is -0.0645. The smallest absolute Gasteiger partial charge is 0.0733 e. The summed E-state index contributed by atoms with van der Waals surface area (Å²) in [5, 5.41) is 7.95. The Morgan fingerprint density at radius 2 is 2.25 bits per heavy atom. The molecule has 1 N–H and O–H groups in total. The summed E-state index contributed by atoms with van der Waals surface area (Å²) in [5.41, 5.74) is 0. The molecule has 0 amide bonds. The Balaban J connectivity index is 0. The predicted molar refractivity (Wildman–Crippen MR) is 26.1 cm³/mol. The summed E-state index contributed by atoms with van der Waals surface area (Å²) in [6, 6.07) is 0. The zero-order chi connectivity index (χ0) is 5.70. The Kier molecular flexibility index (Phi) is 10.3. The maximum atomic E-state index is 9.98. The molecule has 0 spiro atoms. The van der Waals surface area contributed by atoms with Gasteiger partial charge < -0.3 is 9.90 Å². The van der Waals surface area contributed by atoms with E-state index >= 15 is 0 Å². The maximum Gasteiger partial charge on any atom is 0.0733 e. The van der Waals surface area contributed by atoms with Gasteiger partial charge in [0.05, 0.1) is 5.78 Å². The zero-order valence-corrected chi connectivity index (χ0v) is 7.50. The molecule has 2 nitrogen and oxygen atoms in total. The van der Waals surface area contributed by atoms with Crippen molar-refractivity contribution in [3.63, 3.8) is 0 Å². The molecule has 0 aromatic rings. The fourth-order valence-corrected chi connectivity index (χ4v) is 0.179. The Labute approximate surface area is 73.8 Å². The SMILES string of the molecule is CC(=O)/C=C\[CH-]O.[Y]. The molecule has 0 bridgehead atoms. The summed E-state index contributed by atoms with van der Waals surface area (Å²) in [5.74, 6) is -0.0645. The van der Waals surface area contributed by atoms with Crippen molar-refractivity contribution in [2.75, 3.05) is 0 Å². The Morgan fingerprint density at radius 3 is 2.38 bits per heavy atom. The van der Waals surface area contributed by atoms with Crippen LogP contribution in [0, 0.1) is 6.61 Å². The molecule has 1 radical (unpaired) electrons. The van der Waals surface area contributed by atoms with Crippen LogP contribution in [0.3, 0.4) is 0 Å². The number of aliphatic hydroxyl groups excluding tert-OH is 1. The average molecular weight is 188 g/mol. The number of rotatable bonds is 2. The summed E-state index contributed by atoms with van der Waals surface area (Å²) in [6.45, 7) is 2.24. The molecule has 0 heterocycles. The topological polar surface area (TPSA) is 37.3 Å². The first-order valence-electron chi connectivity index (χ1n) is 1.92. The van der Waals surface area contributed by atoms with Crippen LogP contribution < -0.4 is 0 Å². The summed E-state index contributed by atoms with van der Waals surface area (Å²) in [6.07, 6.45) is 2.56. The van der Waals surface area contributed by atoms with Gasteiger partial charge in [0.15, 0.2) is 0 Å². The van der Waals surface area contributed by atoms with Gasteiger partial charge >= 0.3 is 0 Å². The average Bonchev–Trinajstić information content (AvgIpc) is 1.61. The van der Waals surface area contributed by atoms with Crippen molar-refractivity contribution in [1.29, 1.82) is 0 Å². The van der Waals surface area contributed by atoms with Gasteiger partial charge in [-0.1, -0.05) is 0 Å². The second kappa shape index (κ2) is 7.34. The number of ketones is 1. The number of hydrogen-bond acceptors (Lipinski definition) is 2. The van der Waals surface area contributed by atoms with Gasteiger partial charge in [0.1, 0.15) is 0 Å². The Hall–Kier alpha value is 0.344.